The molecule has 9 heavy (non-hydrogen) atoms. The molecule has 0 aliphatic rings. The van der Waals surface area contributed by atoms with Gasteiger partial charge in [-0.1, -0.05) is 6.92 Å². The van der Waals surface area contributed by atoms with Gasteiger partial charge in [0, 0.05) is 6.42 Å². The fraction of sp³-hybridized carbons (Fsp3) is 0.714. The highest BCUT2D eigenvalue weighted by Crippen LogP contribution is 2.08. The van der Waals surface area contributed by atoms with Crippen molar-refractivity contribution < 1.29 is 9.47 Å². The van der Waals surface area contributed by atoms with Crippen LogP contribution in [-0.4, -0.2) is 14.2 Å². The molecule has 2 nitrogen and oxygen atoms in total. The van der Waals surface area contributed by atoms with E-state index in [0.717, 1.165) is 17.9 Å². The zero-order valence-electron chi connectivity index (χ0n) is 6.52. The predicted octanol–water partition coefficient (Wildman–Crippen LogP) is 1.92. The van der Waals surface area contributed by atoms with Gasteiger partial charge in [-0.15, -0.1) is 0 Å². The molecule has 0 atom stereocenters. The van der Waals surface area contributed by atoms with Crippen molar-refractivity contribution >= 4 is 0 Å². The summed E-state index contributed by atoms with van der Waals surface area (Å²) in [5.74, 6) is 1.78. The van der Waals surface area contributed by atoms with E-state index in [0.29, 0.717) is 0 Å². The fourth-order valence-electron chi connectivity index (χ4n) is 0.651. The normalized spacial score (nSPS) is 12.4. The summed E-state index contributed by atoms with van der Waals surface area (Å²) >= 11 is 0. The Morgan fingerprint density at radius 1 is 1.22 bits per heavy atom. The van der Waals surface area contributed by atoms with Gasteiger partial charge in [-0.3, -0.25) is 0 Å². The SMILES string of the molecule is CCC(OC)=C(C)OC. The topological polar surface area (TPSA) is 18.5 Å². The Kier molecular flexibility index (Phi) is 3.93. The summed E-state index contributed by atoms with van der Waals surface area (Å²) in [6.45, 7) is 3.92. The maximum Gasteiger partial charge on any atom is 0.132 e. The molecule has 0 saturated heterocycles. The summed E-state index contributed by atoms with van der Waals surface area (Å²) in [6, 6.07) is 0. The summed E-state index contributed by atoms with van der Waals surface area (Å²) in [7, 11) is 3.30. The first-order chi connectivity index (χ1) is 4.26. The van der Waals surface area contributed by atoms with E-state index in [1.165, 1.54) is 0 Å². The summed E-state index contributed by atoms with van der Waals surface area (Å²) in [5.41, 5.74) is 0. The smallest absolute Gasteiger partial charge is 0.132 e. The van der Waals surface area contributed by atoms with E-state index in [4.69, 9.17) is 9.47 Å². The van der Waals surface area contributed by atoms with Crippen LogP contribution in [0.5, 0.6) is 0 Å². The molecule has 0 aromatic carbocycles. The Balaban J connectivity index is 4.01. The van der Waals surface area contributed by atoms with Crippen molar-refractivity contribution in [3.8, 4) is 0 Å². The standard InChI is InChI=1S/C7H14O2/c1-5-7(9-4)6(2)8-3/h5H2,1-4H3. The van der Waals surface area contributed by atoms with Gasteiger partial charge in [0.1, 0.15) is 11.5 Å². The van der Waals surface area contributed by atoms with E-state index in [1.807, 2.05) is 13.8 Å². The first-order valence-corrected chi connectivity index (χ1v) is 3.04. The second kappa shape index (κ2) is 4.24. The first-order valence-electron chi connectivity index (χ1n) is 3.04. The van der Waals surface area contributed by atoms with Crippen LogP contribution in [0.25, 0.3) is 0 Å². The van der Waals surface area contributed by atoms with Crippen molar-refractivity contribution in [2.75, 3.05) is 14.2 Å². The average Bonchev–Trinajstić information content (AvgIpc) is 1.90. The monoisotopic (exact) mass is 130 g/mol. The minimum Gasteiger partial charge on any atom is -0.498 e. The molecule has 0 amide bonds. The Morgan fingerprint density at radius 3 is 1.89 bits per heavy atom. The largest absolute Gasteiger partial charge is 0.498 e. The molecule has 54 valence electrons. The van der Waals surface area contributed by atoms with Gasteiger partial charge in [0.15, 0.2) is 0 Å². The van der Waals surface area contributed by atoms with Crippen LogP contribution >= 0.6 is 0 Å². The van der Waals surface area contributed by atoms with Crippen molar-refractivity contribution in [1.29, 1.82) is 0 Å². The van der Waals surface area contributed by atoms with Crippen LogP contribution in [0.1, 0.15) is 20.3 Å². The molecule has 0 aliphatic heterocycles. The zero-order valence-corrected chi connectivity index (χ0v) is 6.52. The molecule has 0 unspecified atom stereocenters. The summed E-state index contributed by atoms with van der Waals surface area (Å²) in [6.07, 6.45) is 0.885. The van der Waals surface area contributed by atoms with Crippen LogP contribution < -0.4 is 0 Å². The van der Waals surface area contributed by atoms with Gasteiger partial charge >= 0.3 is 0 Å². The number of ether oxygens (including phenoxy) is 2. The van der Waals surface area contributed by atoms with E-state index in [9.17, 15) is 0 Å². The van der Waals surface area contributed by atoms with Gasteiger partial charge in [-0.25, -0.2) is 0 Å². The molecule has 0 aliphatic carbocycles. The van der Waals surface area contributed by atoms with E-state index in [-0.39, 0.29) is 0 Å². The minimum atomic E-state index is 0.861. The Morgan fingerprint density at radius 2 is 1.78 bits per heavy atom. The number of methoxy groups -OCH3 is 2. The third-order valence-electron chi connectivity index (χ3n) is 1.27. The van der Waals surface area contributed by atoms with E-state index >= 15 is 0 Å². The predicted molar refractivity (Wildman–Crippen MR) is 37.0 cm³/mol. The lowest BCUT2D eigenvalue weighted by molar-refractivity contribution is 0.215. The van der Waals surface area contributed by atoms with Gasteiger partial charge in [-0.05, 0) is 6.92 Å². The molecule has 0 radical (unpaired) electrons. The van der Waals surface area contributed by atoms with Crippen LogP contribution in [0.4, 0.5) is 0 Å². The lowest BCUT2D eigenvalue weighted by Gasteiger charge is -2.06. The molecule has 0 rings (SSSR count). The van der Waals surface area contributed by atoms with Crippen molar-refractivity contribution in [1.82, 2.24) is 0 Å². The van der Waals surface area contributed by atoms with Crippen molar-refractivity contribution in [3.63, 3.8) is 0 Å². The molecule has 0 heterocycles. The zero-order chi connectivity index (χ0) is 7.28. The molecule has 2 heteroatoms. The molecule has 0 N–H and O–H groups in total. The highest BCUT2D eigenvalue weighted by atomic mass is 16.5. The molecule has 0 fully saturated rings. The van der Waals surface area contributed by atoms with Crippen LogP contribution in [-0.2, 0) is 9.47 Å². The number of hydrogen-bond acceptors (Lipinski definition) is 2. The highest BCUT2D eigenvalue weighted by molar-refractivity contribution is 4.96. The van der Waals surface area contributed by atoms with Crippen LogP contribution in [0.2, 0.25) is 0 Å². The maximum absolute atomic E-state index is 5.01. The Labute approximate surface area is 56.5 Å². The average molecular weight is 130 g/mol. The van der Waals surface area contributed by atoms with Crippen LogP contribution in [0.3, 0.4) is 0 Å². The van der Waals surface area contributed by atoms with Crippen molar-refractivity contribution in [2.45, 2.75) is 20.3 Å². The minimum absolute atomic E-state index is 0.861. The summed E-state index contributed by atoms with van der Waals surface area (Å²) < 4.78 is 9.96. The molecule has 0 aromatic rings. The van der Waals surface area contributed by atoms with E-state index in [1.54, 1.807) is 14.2 Å². The molecule has 0 saturated carbocycles. The Hall–Kier alpha value is -0.660. The van der Waals surface area contributed by atoms with Gasteiger partial charge in [0.25, 0.3) is 0 Å². The van der Waals surface area contributed by atoms with Gasteiger partial charge in [0.05, 0.1) is 14.2 Å². The fourth-order valence-corrected chi connectivity index (χ4v) is 0.651. The number of rotatable bonds is 3. The third-order valence-corrected chi connectivity index (χ3v) is 1.27. The Bertz CT molecular complexity index is 99.5. The molecule has 0 aromatic heterocycles. The highest BCUT2D eigenvalue weighted by Gasteiger charge is 1.96. The summed E-state index contributed by atoms with van der Waals surface area (Å²) in [4.78, 5) is 0. The van der Waals surface area contributed by atoms with Crippen LogP contribution in [0.15, 0.2) is 11.5 Å². The quantitative estimate of drug-likeness (QED) is 0.543. The molecular formula is C7H14O2. The second-order valence-electron chi connectivity index (χ2n) is 1.74. The summed E-state index contributed by atoms with van der Waals surface area (Å²) in [5, 5.41) is 0. The van der Waals surface area contributed by atoms with Crippen LogP contribution in [0, 0.1) is 0 Å². The molecule has 0 spiro atoms. The third kappa shape index (κ3) is 2.40. The molecular weight excluding hydrogens is 116 g/mol. The van der Waals surface area contributed by atoms with E-state index in [2.05, 4.69) is 0 Å². The first kappa shape index (κ1) is 8.34. The van der Waals surface area contributed by atoms with Crippen molar-refractivity contribution in [3.05, 3.63) is 11.5 Å². The second-order valence-corrected chi connectivity index (χ2v) is 1.74. The van der Waals surface area contributed by atoms with Crippen molar-refractivity contribution in [2.24, 2.45) is 0 Å². The van der Waals surface area contributed by atoms with Gasteiger partial charge in [-0.2, -0.15) is 0 Å². The maximum atomic E-state index is 5.01. The van der Waals surface area contributed by atoms with Gasteiger partial charge in [0.2, 0.25) is 0 Å². The lowest BCUT2D eigenvalue weighted by atomic mass is 10.3. The van der Waals surface area contributed by atoms with E-state index < -0.39 is 0 Å². The van der Waals surface area contributed by atoms with Gasteiger partial charge < -0.3 is 9.47 Å². The molecule has 0 bridgehead atoms. The number of allylic oxidation sites excluding steroid dienone is 2. The lowest BCUT2D eigenvalue weighted by Crippen LogP contribution is -1.91. The number of hydrogen-bond donors (Lipinski definition) is 0.